The number of para-hydroxylation sites is 1. The summed E-state index contributed by atoms with van der Waals surface area (Å²) in [5, 5.41) is 15.7. The highest BCUT2D eigenvalue weighted by molar-refractivity contribution is 8.03. The number of anilines is 1. The predicted molar refractivity (Wildman–Crippen MR) is 111 cm³/mol. The average molecular weight is 391 g/mol. The first-order valence-corrected chi connectivity index (χ1v) is 10.1. The van der Waals surface area contributed by atoms with Crippen LogP contribution in [0.25, 0.3) is 0 Å². The minimum atomic E-state index is -0.288. The van der Waals surface area contributed by atoms with Crippen LogP contribution in [0, 0.1) is 11.3 Å². The lowest BCUT2D eigenvalue weighted by atomic mass is 9.86. The second-order valence-electron chi connectivity index (χ2n) is 6.46. The van der Waals surface area contributed by atoms with Gasteiger partial charge in [-0.15, -0.1) is 0 Å². The van der Waals surface area contributed by atoms with Crippen LogP contribution in [0.3, 0.4) is 0 Å². The Bertz CT molecular complexity index is 931. The highest BCUT2D eigenvalue weighted by atomic mass is 32.2. The Hall–Kier alpha value is -3.04. The monoisotopic (exact) mass is 391 g/mol. The summed E-state index contributed by atoms with van der Waals surface area (Å²) in [6, 6.07) is 19.4. The Morgan fingerprint density at radius 3 is 2.57 bits per heavy atom. The van der Waals surface area contributed by atoms with Crippen molar-refractivity contribution < 1.29 is 9.59 Å². The molecule has 1 aliphatic heterocycles. The van der Waals surface area contributed by atoms with Gasteiger partial charge in [0.1, 0.15) is 0 Å². The number of carbonyl (C=O) groups is 2. The van der Waals surface area contributed by atoms with Crippen LogP contribution in [0.5, 0.6) is 0 Å². The summed E-state index contributed by atoms with van der Waals surface area (Å²) in [4.78, 5) is 24.4. The molecule has 5 nitrogen and oxygen atoms in total. The summed E-state index contributed by atoms with van der Waals surface area (Å²) >= 11 is 1.18. The molecule has 2 aromatic carbocycles. The van der Waals surface area contributed by atoms with Crippen molar-refractivity contribution in [1.82, 2.24) is 5.32 Å². The fourth-order valence-corrected chi connectivity index (χ4v) is 3.94. The van der Waals surface area contributed by atoms with Crippen LogP contribution in [0.4, 0.5) is 5.69 Å². The van der Waals surface area contributed by atoms with Crippen LogP contribution in [0.15, 0.2) is 65.2 Å². The van der Waals surface area contributed by atoms with E-state index in [9.17, 15) is 14.9 Å². The molecule has 142 valence electrons. The normalized spacial score (nSPS) is 16.3. The van der Waals surface area contributed by atoms with Crippen molar-refractivity contribution in [3.63, 3.8) is 0 Å². The van der Waals surface area contributed by atoms with E-state index in [-0.39, 0.29) is 29.9 Å². The van der Waals surface area contributed by atoms with Crippen molar-refractivity contribution in [2.45, 2.75) is 25.7 Å². The number of allylic oxidation sites excluding steroid dienone is 1. The Morgan fingerprint density at radius 2 is 1.93 bits per heavy atom. The number of nitrogens with zero attached hydrogens (tertiary/aromatic N) is 1. The summed E-state index contributed by atoms with van der Waals surface area (Å²) in [5.41, 5.74) is 3.36. The van der Waals surface area contributed by atoms with Crippen LogP contribution in [-0.4, -0.2) is 17.6 Å². The van der Waals surface area contributed by atoms with Crippen molar-refractivity contribution >= 4 is 29.3 Å². The molecule has 0 bridgehead atoms. The maximum absolute atomic E-state index is 12.2. The molecule has 28 heavy (non-hydrogen) atoms. The topological polar surface area (TPSA) is 82.0 Å². The number of carbonyl (C=O) groups excluding carboxylic acids is 2. The van der Waals surface area contributed by atoms with Crippen molar-refractivity contribution in [2.24, 2.45) is 0 Å². The summed E-state index contributed by atoms with van der Waals surface area (Å²) in [6.45, 7) is 2.08. The van der Waals surface area contributed by atoms with E-state index < -0.39 is 0 Å². The van der Waals surface area contributed by atoms with Gasteiger partial charge in [0, 0.05) is 18.0 Å². The zero-order chi connectivity index (χ0) is 19.9. The average Bonchev–Trinajstić information content (AvgIpc) is 2.72. The van der Waals surface area contributed by atoms with Crippen molar-refractivity contribution in [3.8, 4) is 6.07 Å². The van der Waals surface area contributed by atoms with E-state index >= 15 is 0 Å². The number of rotatable bonds is 6. The largest absolute Gasteiger partial charge is 0.325 e. The number of hydrogen-bond donors (Lipinski definition) is 2. The van der Waals surface area contributed by atoms with Crippen LogP contribution in [0.1, 0.15) is 30.4 Å². The van der Waals surface area contributed by atoms with E-state index in [0.29, 0.717) is 16.3 Å². The molecule has 0 saturated carbocycles. The molecule has 1 atom stereocenters. The Kier molecular flexibility index (Phi) is 6.51. The minimum absolute atomic E-state index is 0.108. The number of aryl methyl sites for hydroxylation is 1. The molecule has 0 aromatic heterocycles. The maximum atomic E-state index is 12.2. The molecule has 2 amide bonds. The Labute approximate surface area is 168 Å². The van der Waals surface area contributed by atoms with E-state index in [0.717, 1.165) is 12.0 Å². The lowest BCUT2D eigenvalue weighted by molar-refractivity contribution is -0.121. The third kappa shape index (κ3) is 4.81. The smallest absolute Gasteiger partial charge is 0.234 e. The van der Waals surface area contributed by atoms with Gasteiger partial charge >= 0.3 is 0 Å². The predicted octanol–water partition coefficient (Wildman–Crippen LogP) is 3.96. The van der Waals surface area contributed by atoms with Crippen molar-refractivity contribution in [3.05, 3.63) is 76.3 Å². The molecule has 2 N–H and O–H groups in total. The number of benzene rings is 2. The van der Waals surface area contributed by atoms with E-state index in [1.54, 1.807) is 12.1 Å². The highest BCUT2D eigenvalue weighted by Crippen LogP contribution is 2.36. The van der Waals surface area contributed by atoms with Gasteiger partial charge in [0.05, 0.1) is 22.4 Å². The Balaban J connectivity index is 1.75. The highest BCUT2D eigenvalue weighted by Gasteiger charge is 2.29. The van der Waals surface area contributed by atoms with Crippen LogP contribution in [0.2, 0.25) is 0 Å². The summed E-state index contributed by atoms with van der Waals surface area (Å²) in [5.74, 6) is -0.513. The lowest BCUT2D eigenvalue weighted by Crippen LogP contribution is -2.31. The van der Waals surface area contributed by atoms with E-state index in [2.05, 4.69) is 23.6 Å². The molecular formula is C22H21N3O2S. The van der Waals surface area contributed by atoms with Gasteiger partial charge in [-0.2, -0.15) is 5.26 Å². The molecule has 2 aromatic rings. The third-order valence-electron chi connectivity index (χ3n) is 4.55. The first-order chi connectivity index (χ1) is 13.6. The van der Waals surface area contributed by atoms with E-state index in [4.69, 9.17) is 0 Å². The molecule has 1 unspecified atom stereocenters. The standard InChI is InChI=1S/C22H21N3O2S/c1-2-15-8-10-16(11-9-15)18-12-20(26)25-22(19(18)13-23)28-14-21(27)24-17-6-4-3-5-7-17/h3-11,18H,2,12,14H2,1H3,(H,24,27)(H,25,26). The van der Waals surface area contributed by atoms with E-state index in [1.807, 2.05) is 42.5 Å². The molecular weight excluding hydrogens is 370 g/mol. The number of amides is 2. The van der Waals surface area contributed by atoms with Crippen LogP contribution >= 0.6 is 11.8 Å². The number of nitrogens with one attached hydrogen (secondary N) is 2. The molecule has 0 spiro atoms. The van der Waals surface area contributed by atoms with Crippen molar-refractivity contribution in [1.29, 1.82) is 5.26 Å². The molecule has 1 heterocycles. The Morgan fingerprint density at radius 1 is 1.21 bits per heavy atom. The fraction of sp³-hybridized carbons (Fsp3) is 0.227. The molecule has 0 aliphatic carbocycles. The second kappa shape index (κ2) is 9.25. The zero-order valence-corrected chi connectivity index (χ0v) is 16.4. The SMILES string of the molecule is CCc1ccc(C2CC(=O)NC(SCC(=O)Nc3ccccc3)=C2C#N)cc1. The summed E-state index contributed by atoms with van der Waals surface area (Å²) in [6.07, 6.45) is 1.17. The maximum Gasteiger partial charge on any atom is 0.234 e. The van der Waals surface area contributed by atoms with E-state index in [1.165, 1.54) is 17.3 Å². The minimum Gasteiger partial charge on any atom is -0.325 e. The third-order valence-corrected chi connectivity index (χ3v) is 5.57. The van der Waals surface area contributed by atoms with Gasteiger partial charge in [0.15, 0.2) is 0 Å². The molecule has 0 radical (unpaired) electrons. The number of thioether (sulfide) groups is 1. The lowest BCUT2D eigenvalue weighted by Gasteiger charge is -2.25. The second-order valence-corrected chi connectivity index (χ2v) is 7.44. The molecule has 1 aliphatic rings. The summed E-state index contributed by atoms with van der Waals surface area (Å²) in [7, 11) is 0. The van der Waals surface area contributed by atoms with Gasteiger partial charge in [-0.25, -0.2) is 0 Å². The van der Waals surface area contributed by atoms with Gasteiger partial charge in [0.25, 0.3) is 0 Å². The summed E-state index contributed by atoms with van der Waals surface area (Å²) < 4.78 is 0. The van der Waals surface area contributed by atoms with Gasteiger partial charge in [-0.05, 0) is 29.7 Å². The van der Waals surface area contributed by atoms with Gasteiger partial charge in [-0.3, -0.25) is 9.59 Å². The van der Waals surface area contributed by atoms with Crippen molar-refractivity contribution in [2.75, 3.05) is 11.1 Å². The van der Waals surface area contributed by atoms with Crippen LogP contribution < -0.4 is 10.6 Å². The quantitative estimate of drug-likeness (QED) is 0.781. The van der Waals surface area contributed by atoms with Crippen LogP contribution in [-0.2, 0) is 16.0 Å². The van der Waals surface area contributed by atoms with Gasteiger partial charge in [-0.1, -0.05) is 61.2 Å². The molecule has 0 saturated heterocycles. The number of nitriles is 1. The van der Waals surface area contributed by atoms with Gasteiger partial charge < -0.3 is 10.6 Å². The fourth-order valence-electron chi connectivity index (χ4n) is 3.06. The molecule has 6 heteroatoms. The number of hydrogen-bond acceptors (Lipinski definition) is 4. The first kappa shape index (κ1) is 19.7. The van der Waals surface area contributed by atoms with Gasteiger partial charge in [0.2, 0.25) is 11.8 Å². The first-order valence-electron chi connectivity index (χ1n) is 9.11. The molecule has 3 rings (SSSR count). The molecule has 0 fully saturated rings. The zero-order valence-electron chi connectivity index (χ0n) is 15.6.